The number of carbonyl (C=O) groups excluding carboxylic acids is 1. The van der Waals surface area contributed by atoms with Crippen LogP contribution in [0.25, 0.3) is 22.4 Å². The summed E-state index contributed by atoms with van der Waals surface area (Å²) < 4.78 is 7.97. The summed E-state index contributed by atoms with van der Waals surface area (Å²) in [5.41, 5.74) is 12.9. The number of aromatic nitrogens is 2. The summed E-state index contributed by atoms with van der Waals surface area (Å²) in [5.74, 6) is 0.900. The molecule has 0 saturated carbocycles. The highest BCUT2D eigenvalue weighted by Crippen LogP contribution is 2.34. The summed E-state index contributed by atoms with van der Waals surface area (Å²) in [6.07, 6.45) is 0. The Morgan fingerprint density at radius 3 is 2.47 bits per heavy atom. The lowest BCUT2D eigenvalue weighted by molar-refractivity contribution is -0.119. The molecule has 4 aromatic rings. The Bertz CT molecular complexity index is 1220. The quantitative estimate of drug-likeness (QED) is 0.517. The van der Waals surface area contributed by atoms with Crippen LogP contribution in [0, 0.1) is 20.8 Å². The van der Waals surface area contributed by atoms with Crippen LogP contribution in [-0.4, -0.2) is 22.1 Å². The van der Waals surface area contributed by atoms with Gasteiger partial charge in [-0.3, -0.25) is 4.79 Å². The number of carbonyl (C=O) groups is 1. The van der Waals surface area contributed by atoms with Crippen molar-refractivity contribution in [1.29, 1.82) is 0 Å². The molecule has 0 bridgehead atoms. The van der Waals surface area contributed by atoms with Crippen LogP contribution in [0.15, 0.2) is 60.7 Å². The fraction of sp³-hybridized carbons (Fsp3) is 0.200. The fourth-order valence-corrected chi connectivity index (χ4v) is 3.78. The van der Waals surface area contributed by atoms with Crippen LogP contribution in [-0.2, 0) is 11.3 Å². The molecular weight excluding hydrogens is 374 g/mol. The van der Waals surface area contributed by atoms with Gasteiger partial charge in [0.15, 0.2) is 6.61 Å². The molecule has 0 saturated heterocycles. The summed E-state index contributed by atoms with van der Waals surface area (Å²) in [7, 11) is 0. The molecular formula is C25H25N3O2. The lowest BCUT2D eigenvalue weighted by Crippen LogP contribution is -2.20. The van der Waals surface area contributed by atoms with Gasteiger partial charge >= 0.3 is 0 Å². The molecule has 1 aromatic heterocycles. The number of fused-ring (bicyclic) bond motifs is 1. The van der Waals surface area contributed by atoms with Crippen molar-refractivity contribution in [2.75, 3.05) is 6.61 Å². The standard InChI is InChI=1S/C25H25N3O2/c1-16-11-12-19(23(13-16)30-15-24(26)29)25-27-21-9-4-5-10-22(21)28(25)14-20-17(2)7-6-8-18(20)3/h4-13H,14-15H2,1-3H3,(H2,26,29). The zero-order chi connectivity index (χ0) is 21.3. The van der Waals surface area contributed by atoms with Gasteiger partial charge in [-0.2, -0.15) is 0 Å². The Labute approximate surface area is 176 Å². The van der Waals surface area contributed by atoms with E-state index >= 15 is 0 Å². The summed E-state index contributed by atoms with van der Waals surface area (Å²) in [6.45, 7) is 6.77. The average molecular weight is 399 g/mol. The van der Waals surface area contributed by atoms with Gasteiger partial charge in [-0.25, -0.2) is 4.98 Å². The first kappa shape index (κ1) is 19.7. The molecule has 0 fully saturated rings. The van der Waals surface area contributed by atoms with Gasteiger partial charge in [0.25, 0.3) is 5.91 Å². The number of ether oxygens (including phenoxy) is 1. The maximum atomic E-state index is 11.3. The third-order valence-corrected chi connectivity index (χ3v) is 5.36. The van der Waals surface area contributed by atoms with E-state index in [1.54, 1.807) is 0 Å². The Balaban J connectivity index is 1.90. The van der Waals surface area contributed by atoms with Crippen LogP contribution in [0.4, 0.5) is 0 Å². The molecule has 1 amide bonds. The Hall–Kier alpha value is -3.60. The van der Waals surface area contributed by atoms with Crippen LogP contribution in [0.5, 0.6) is 5.75 Å². The molecule has 0 aliphatic carbocycles. The van der Waals surface area contributed by atoms with Gasteiger partial charge in [0.2, 0.25) is 0 Å². The first-order valence-electron chi connectivity index (χ1n) is 9.96. The van der Waals surface area contributed by atoms with E-state index in [0.717, 1.165) is 28.0 Å². The van der Waals surface area contributed by atoms with Crippen LogP contribution in [0.1, 0.15) is 22.3 Å². The number of imidazole rings is 1. The van der Waals surface area contributed by atoms with E-state index in [0.29, 0.717) is 12.3 Å². The van der Waals surface area contributed by atoms with Crippen molar-refractivity contribution in [3.63, 3.8) is 0 Å². The van der Waals surface area contributed by atoms with E-state index in [-0.39, 0.29) is 6.61 Å². The highest BCUT2D eigenvalue weighted by Gasteiger charge is 2.18. The van der Waals surface area contributed by atoms with Crippen LogP contribution in [0.3, 0.4) is 0 Å². The minimum atomic E-state index is -0.508. The normalized spacial score (nSPS) is 11.0. The largest absolute Gasteiger partial charge is 0.483 e. The van der Waals surface area contributed by atoms with Gasteiger partial charge < -0.3 is 15.0 Å². The molecule has 0 unspecified atom stereocenters. The van der Waals surface area contributed by atoms with E-state index in [2.05, 4.69) is 42.7 Å². The predicted molar refractivity (Wildman–Crippen MR) is 120 cm³/mol. The first-order valence-corrected chi connectivity index (χ1v) is 9.96. The Morgan fingerprint density at radius 1 is 1.00 bits per heavy atom. The molecule has 4 rings (SSSR count). The summed E-state index contributed by atoms with van der Waals surface area (Å²) in [6, 6.07) is 20.4. The maximum Gasteiger partial charge on any atom is 0.255 e. The highest BCUT2D eigenvalue weighted by molar-refractivity contribution is 5.82. The number of hydrogen-bond acceptors (Lipinski definition) is 3. The zero-order valence-corrected chi connectivity index (χ0v) is 17.5. The van der Waals surface area contributed by atoms with Crippen LogP contribution in [0.2, 0.25) is 0 Å². The van der Waals surface area contributed by atoms with E-state index < -0.39 is 5.91 Å². The van der Waals surface area contributed by atoms with Gasteiger partial charge in [0.05, 0.1) is 23.1 Å². The summed E-state index contributed by atoms with van der Waals surface area (Å²) in [4.78, 5) is 16.2. The number of primary amides is 1. The molecule has 0 aliphatic heterocycles. The van der Waals surface area contributed by atoms with Crippen molar-refractivity contribution in [2.45, 2.75) is 27.3 Å². The smallest absolute Gasteiger partial charge is 0.255 e. The number of nitrogens with zero attached hydrogens (tertiary/aromatic N) is 2. The number of benzene rings is 3. The molecule has 0 aliphatic rings. The van der Waals surface area contributed by atoms with Crippen molar-refractivity contribution < 1.29 is 9.53 Å². The van der Waals surface area contributed by atoms with Gasteiger partial charge in [-0.05, 0) is 67.3 Å². The van der Waals surface area contributed by atoms with Crippen molar-refractivity contribution in [3.05, 3.63) is 82.9 Å². The number of amides is 1. The van der Waals surface area contributed by atoms with Gasteiger partial charge in [-0.1, -0.05) is 36.4 Å². The molecule has 3 aromatic carbocycles. The number of nitrogens with two attached hydrogens (primary N) is 1. The zero-order valence-electron chi connectivity index (χ0n) is 17.5. The molecule has 30 heavy (non-hydrogen) atoms. The second kappa shape index (κ2) is 8.03. The SMILES string of the molecule is Cc1ccc(-c2nc3ccccc3n2Cc2c(C)cccc2C)c(OCC(N)=O)c1. The maximum absolute atomic E-state index is 11.3. The van der Waals surface area contributed by atoms with Crippen molar-refractivity contribution in [3.8, 4) is 17.1 Å². The molecule has 5 nitrogen and oxygen atoms in total. The third kappa shape index (κ3) is 3.79. The number of para-hydroxylation sites is 2. The summed E-state index contributed by atoms with van der Waals surface area (Å²) in [5, 5.41) is 0. The predicted octanol–water partition coefficient (Wildman–Crippen LogP) is 4.54. The van der Waals surface area contributed by atoms with Crippen molar-refractivity contribution in [2.24, 2.45) is 5.73 Å². The molecule has 0 spiro atoms. The van der Waals surface area contributed by atoms with Crippen molar-refractivity contribution >= 4 is 16.9 Å². The molecule has 0 radical (unpaired) electrons. The van der Waals surface area contributed by atoms with Crippen LogP contribution >= 0.6 is 0 Å². The number of aryl methyl sites for hydroxylation is 3. The van der Waals surface area contributed by atoms with Gasteiger partial charge in [-0.15, -0.1) is 0 Å². The van der Waals surface area contributed by atoms with E-state index in [9.17, 15) is 4.79 Å². The number of hydrogen-bond donors (Lipinski definition) is 1. The fourth-order valence-electron chi connectivity index (χ4n) is 3.78. The van der Waals surface area contributed by atoms with E-state index in [4.69, 9.17) is 15.5 Å². The minimum Gasteiger partial charge on any atom is -0.483 e. The third-order valence-electron chi connectivity index (χ3n) is 5.36. The molecule has 5 heteroatoms. The highest BCUT2D eigenvalue weighted by atomic mass is 16.5. The topological polar surface area (TPSA) is 70.1 Å². The monoisotopic (exact) mass is 399 g/mol. The minimum absolute atomic E-state index is 0.173. The molecule has 0 atom stereocenters. The van der Waals surface area contributed by atoms with Gasteiger partial charge in [0.1, 0.15) is 11.6 Å². The van der Waals surface area contributed by atoms with Crippen LogP contribution < -0.4 is 10.5 Å². The first-order chi connectivity index (χ1) is 14.4. The Morgan fingerprint density at radius 2 is 1.73 bits per heavy atom. The second-order valence-electron chi connectivity index (χ2n) is 7.64. The van der Waals surface area contributed by atoms with Crippen molar-refractivity contribution in [1.82, 2.24) is 9.55 Å². The summed E-state index contributed by atoms with van der Waals surface area (Å²) >= 11 is 0. The number of rotatable bonds is 6. The molecule has 152 valence electrons. The lowest BCUT2D eigenvalue weighted by Gasteiger charge is -2.16. The lowest BCUT2D eigenvalue weighted by atomic mass is 10.0. The Kier molecular flexibility index (Phi) is 5.27. The van der Waals surface area contributed by atoms with E-state index in [1.165, 1.54) is 16.7 Å². The molecule has 1 heterocycles. The molecule has 2 N–H and O–H groups in total. The average Bonchev–Trinajstić information content (AvgIpc) is 3.07. The van der Waals surface area contributed by atoms with E-state index in [1.807, 2.05) is 43.3 Å². The second-order valence-corrected chi connectivity index (χ2v) is 7.64. The van der Waals surface area contributed by atoms with Gasteiger partial charge in [0, 0.05) is 0 Å².